The van der Waals surface area contributed by atoms with Gasteiger partial charge in [-0.05, 0) is 65.1 Å². The quantitative estimate of drug-likeness (QED) is 0.628. The maximum absolute atomic E-state index is 9.61. The van der Waals surface area contributed by atoms with Gasteiger partial charge in [-0.25, -0.2) is 0 Å². The molecule has 5 heteroatoms. The van der Waals surface area contributed by atoms with Crippen molar-refractivity contribution in [2.75, 3.05) is 20.8 Å². The summed E-state index contributed by atoms with van der Waals surface area (Å²) in [6.45, 7) is 1.67. The predicted octanol–water partition coefficient (Wildman–Crippen LogP) is 5.21. The van der Waals surface area contributed by atoms with Gasteiger partial charge in [-0.1, -0.05) is 35.9 Å². The SMILES string of the molecule is COc1cc2c(cc1OC)C(c1cccc(Cl)c1)N(Cc1ccc(O)cc1)CC2. The van der Waals surface area contributed by atoms with E-state index in [9.17, 15) is 5.11 Å². The van der Waals surface area contributed by atoms with Gasteiger partial charge in [0.1, 0.15) is 5.75 Å². The molecule has 1 aliphatic heterocycles. The van der Waals surface area contributed by atoms with Gasteiger partial charge in [0.05, 0.1) is 20.3 Å². The summed E-state index contributed by atoms with van der Waals surface area (Å²) in [6.07, 6.45) is 0.921. The molecule has 1 aliphatic rings. The van der Waals surface area contributed by atoms with Crippen molar-refractivity contribution in [3.05, 3.63) is 87.9 Å². The van der Waals surface area contributed by atoms with E-state index >= 15 is 0 Å². The van der Waals surface area contributed by atoms with Crippen molar-refractivity contribution in [2.45, 2.75) is 19.0 Å². The Morgan fingerprint density at radius 2 is 1.72 bits per heavy atom. The molecule has 0 aliphatic carbocycles. The number of phenols is 1. The van der Waals surface area contributed by atoms with Crippen molar-refractivity contribution in [2.24, 2.45) is 0 Å². The van der Waals surface area contributed by atoms with Crippen LogP contribution in [-0.4, -0.2) is 30.8 Å². The van der Waals surface area contributed by atoms with E-state index in [1.54, 1.807) is 26.4 Å². The number of fused-ring (bicyclic) bond motifs is 1. The number of halogens is 1. The van der Waals surface area contributed by atoms with Crippen molar-refractivity contribution < 1.29 is 14.6 Å². The first-order chi connectivity index (χ1) is 14.1. The van der Waals surface area contributed by atoms with Crippen molar-refractivity contribution in [1.29, 1.82) is 0 Å². The second-order valence-electron chi connectivity index (χ2n) is 7.25. The Bertz CT molecular complexity index is 1000. The van der Waals surface area contributed by atoms with E-state index in [4.69, 9.17) is 21.1 Å². The molecule has 4 nitrogen and oxygen atoms in total. The third kappa shape index (κ3) is 4.04. The monoisotopic (exact) mass is 409 g/mol. The standard InChI is InChI=1S/C24H24ClNO3/c1-28-22-13-17-10-11-26(15-16-6-8-20(27)9-7-16)24(21(17)14-23(22)29-2)18-4-3-5-19(25)12-18/h3-9,12-14,24,27H,10-11,15H2,1-2H3. The highest BCUT2D eigenvalue weighted by Gasteiger charge is 2.30. The van der Waals surface area contributed by atoms with E-state index in [-0.39, 0.29) is 11.8 Å². The minimum absolute atomic E-state index is 0.0473. The van der Waals surface area contributed by atoms with Crippen LogP contribution in [0.3, 0.4) is 0 Å². The average Bonchev–Trinajstić information content (AvgIpc) is 2.74. The molecule has 3 aromatic rings. The molecule has 0 amide bonds. The number of rotatable bonds is 5. The predicted molar refractivity (Wildman–Crippen MR) is 115 cm³/mol. The Balaban J connectivity index is 1.79. The second kappa shape index (κ2) is 8.36. The number of nitrogens with zero attached hydrogens (tertiary/aromatic N) is 1. The first kappa shape index (κ1) is 19.6. The molecule has 150 valence electrons. The van der Waals surface area contributed by atoms with Crippen LogP contribution in [0.2, 0.25) is 5.02 Å². The summed E-state index contributed by atoms with van der Waals surface area (Å²) in [7, 11) is 3.33. The van der Waals surface area contributed by atoms with Gasteiger partial charge in [0, 0.05) is 18.1 Å². The number of phenolic OH excluding ortho intramolecular Hbond substituents is 1. The largest absolute Gasteiger partial charge is 0.508 e. The molecule has 1 unspecified atom stereocenters. The van der Waals surface area contributed by atoms with E-state index in [0.717, 1.165) is 47.2 Å². The van der Waals surface area contributed by atoms with E-state index in [1.807, 2.05) is 30.3 Å². The van der Waals surface area contributed by atoms with Gasteiger partial charge in [-0.2, -0.15) is 0 Å². The van der Waals surface area contributed by atoms with E-state index in [1.165, 1.54) is 11.1 Å². The first-order valence-electron chi connectivity index (χ1n) is 9.61. The van der Waals surface area contributed by atoms with Crippen LogP contribution in [0, 0.1) is 0 Å². The summed E-state index contributed by atoms with van der Waals surface area (Å²) in [6, 6.07) is 19.7. The minimum Gasteiger partial charge on any atom is -0.508 e. The maximum Gasteiger partial charge on any atom is 0.161 e. The molecule has 0 saturated heterocycles. The fourth-order valence-corrected chi connectivity index (χ4v) is 4.27. The zero-order chi connectivity index (χ0) is 20.4. The maximum atomic E-state index is 9.61. The molecular formula is C24H24ClNO3. The third-order valence-electron chi connectivity index (χ3n) is 5.46. The summed E-state index contributed by atoms with van der Waals surface area (Å²) >= 11 is 6.33. The Kier molecular flexibility index (Phi) is 5.65. The van der Waals surface area contributed by atoms with Crippen molar-refractivity contribution in [3.63, 3.8) is 0 Å². The van der Waals surface area contributed by atoms with Gasteiger partial charge in [0.15, 0.2) is 11.5 Å². The molecule has 0 saturated carbocycles. The topological polar surface area (TPSA) is 41.9 Å². The van der Waals surface area contributed by atoms with Crippen LogP contribution in [0.1, 0.15) is 28.3 Å². The normalized spacial score (nSPS) is 16.3. The Hall–Kier alpha value is -2.69. The Morgan fingerprint density at radius 3 is 2.41 bits per heavy atom. The van der Waals surface area contributed by atoms with Crippen LogP contribution in [0.4, 0.5) is 0 Å². The number of hydrogen-bond donors (Lipinski definition) is 1. The van der Waals surface area contributed by atoms with E-state index in [0.29, 0.717) is 0 Å². The van der Waals surface area contributed by atoms with Crippen LogP contribution in [0.15, 0.2) is 60.7 Å². The molecule has 0 bridgehead atoms. The zero-order valence-electron chi connectivity index (χ0n) is 16.6. The molecule has 0 radical (unpaired) electrons. The van der Waals surface area contributed by atoms with Gasteiger partial charge in [0.2, 0.25) is 0 Å². The lowest BCUT2D eigenvalue weighted by molar-refractivity contribution is 0.203. The molecule has 0 fully saturated rings. The van der Waals surface area contributed by atoms with Crippen LogP contribution in [-0.2, 0) is 13.0 Å². The van der Waals surface area contributed by atoms with Crippen LogP contribution in [0.5, 0.6) is 17.2 Å². The zero-order valence-corrected chi connectivity index (χ0v) is 17.3. The molecule has 1 N–H and O–H groups in total. The van der Waals surface area contributed by atoms with Crippen molar-refractivity contribution in [3.8, 4) is 17.2 Å². The summed E-state index contributed by atoms with van der Waals surface area (Å²) in [5, 5.41) is 10.3. The summed E-state index contributed by atoms with van der Waals surface area (Å²) in [5.41, 5.74) is 4.76. The lowest BCUT2D eigenvalue weighted by Crippen LogP contribution is -2.35. The summed E-state index contributed by atoms with van der Waals surface area (Å²) in [5.74, 6) is 1.76. The number of methoxy groups -OCH3 is 2. The fraction of sp³-hybridized carbons (Fsp3) is 0.250. The van der Waals surface area contributed by atoms with Gasteiger partial charge in [-0.15, -0.1) is 0 Å². The van der Waals surface area contributed by atoms with Gasteiger partial charge >= 0.3 is 0 Å². The van der Waals surface area contributed by atoms with Crippen LogP contribution < -0.4 is 9.47 Å². The number of hydrogen-bond acceptors (Lipinski definition) is 4. The molecule has 3 aromatic carbocycles. The van der Waals surface area contributed by atoms with Crippen molar-refractivity contribution >= 4 is 11.6 Å². The molecule has 0 spiro atoms. The minimum atomic E-state index is 0.0473. The highest BCUT2D eigenvalue weighted by molar-refractivity contribution is 6.30. The average molecular weight is 410 g/mol. The highest BCUT2D eigenvalue weighted by Crippen LogP contribution is 2.42. The van der Waals surface area contributed by atoms with Gasteiger partial charge in [-0.3, -0.25) is 4.90 Å². The first-order valence-corrected chi connectivity index (χ1v) is 9.99. The molecule has 1 atom stereocenters. The molecule has 0 aromatic heterocycles. The number of benzene rings is 3. The summed E-state index contributed by atoms with van der Waals surface area (Å²) in [4.78, 5) is 2.44. The lowest BCUT2D eigenvalue weighted by Gasteiger charge is -2.38. The number of aromatic hydroxyl groups is 1. The molecule has 1 heterocycles. The third-order valence-corrected chi connectivity index (χ3v) is 5.69. The Labute approximate surface area is 176 Å². The summed E-state index contributed by atoms with van der Waals surface area (Å²) < 4.78 is 11.1. The second-order valence-corrected chi connectivity index (χ2v) is 7.69. The molecule has 29 heavy (non-hydrogen) atoms. The lowest BCUT2D eigenvalue weighted by atomic mass is 9.87. The van der Waals surface area contributed by atoms with E-state index in [2.05, 4.69) is 23.1 Å². The van der Waals surface area contributed by atoms with Gasteiger partial charge in [0.25, 0.3) is 0 Å². The van der Waals surface area contributed by atoms with Crippen molar-refractivity contribution in [1.82, 2.24) is 4.90 Å². The molecule has 4 rings (SSSR count). The molecular weight excluding hydrogens is 386 g/mol. The Morgan fingerprint density at radius 1 is 1.00 bits per heavy atom. The van der Waals surface area contributed by atoms with Crippen LogP contribution in [0.25, 0.3) is 0 Å². The highest BCUT2D eigenvalue weighted by atomic mass is 35.5. The van der Waals surface area contributed by atoms with E-state index < -0.39 is 0 Å². The smallest absolute Gasteiger partial charge is 0.161 e. The van der Waals surface area contributed by atoms with Gasteiger partial charge < -0.3 is 14.6 Å². The number of ether oxygens (including phenoxy) is 2. The fourth-order valence-electron chi connectivity index (χ4n) is 4.07. The van der Waals surface area contributed by atoms with Crippen LogP contribution >= 0.6 is 11.6 Å².